The normalized spacial score (nSPS) is 11.0. The lowest BCUT2D eigenvalue weighted by Gasteiger charge is -2.23. The van der Waals surface area contributed by atoms with Crippen molar-refractivity contribution in [3.63, 3.8) is 0 Å². The Kier molecular flexibility index (Phi) is 5.69. The van der Waals surface area contributed by atoms with Gasteiger partial charge in [0.25, 0.3) is 0 Å². The lowest BCUT2D eigenvalue weighted by molar-refractivity contribution is -0.114. The number of nitrogens with zero attached hydrogens (tertiary/aromatic N) is 1. The summed E-state index contributed by atoms with van der Waals surface area (Å²) >= 11 is 0. The molecule has 0 bridgehead atoms. The molecule has 2 aromatic rings. The Morgan fingerprint density at radius 2 is 1.84 bits per heavy atom. The molecule has 6 nitrogen and oxygen atoms in total. The third-order valence-electron chi connectivity index (χ3n) is 3.70. The van der Waals surface area contributed by atoms with Crippen molar-refractivity contribution in [2.24, 2.45) is 0 Å². The fourth-order valence-corrected chi connectivity index (χ4v) is 3.35. The number of amides is 1. The molecule has 0 radical (unpaired) electrons. The monoisotopic (exact) mass is 362 g/mol. The van der Waals surface area contributed by atoms with Gasteiger partial charge in [-0.2, -0.15) is 0 Å². The topological polar surface area (TPSA) is 75.7 Å². The highest BCUT2D eigenvalue weighted by molar-refractivity contribution is 7.92. The fourth-order valence-electron chi connectivity index (χ4n) is 2.49. The van der Waals surface area contributed by atoms with E-state index >= 15 is 0 Å². The number of methoxy groups -OCH3 is 1. The Labute approximate surface area is 148 Å². The van der Waals surface area contributed by atoms with Crippen LogP contribution in [0.2, 0.25) is 0 Å². The Balaban J connectivity index is 2.27. The van der Waals surface area contributed by atoms with Crippen LogP contribution in [0.3, 0.4) is 0 Å². The zero-order chi connectivity index (χ0) is 18.6. The molecule has 0 heterocycles. The number of carbonyl (C=O) groups excluding carboxylic acids is 1. The highest BCUT2D eigenvalue weighted by Gasteiger charge is 2.23. The summed E-state index contributed by atoms with van der Waals surface area (Å²) < 4.78 is 30.6. The second kappa shape index (κ2) is 7.57. The minimum atomic E-state index is -3.66. The molecule has 7 heteroatoms. The fraction of sp³-hybridized carbons (Fsp3) is 0.278. The number of rotatable bonds is 6. The summed E-state index contributed by atoms with van der Waals surface area (Å²) in [5.74, 6) is -0.0458. The molecule has 0 aliphatic carbocycles. The molecule has 0 saturated carbocycles. The molecule has 0 aliphatic rings. The SMILES string of the molecule is COc1ccccc1N(CC(=O)Nc1ccc(C)cc1C)S(C)(=O)=O. The summed E-state index contributed by atoms with van der Waals surface area (Å²) in [4.78, 5) is 12.4. The summed E-state index contributed by atoms with van der Waals surface area (Å²) in [6, 6.07) is 12.3. The van der Waals surface area contributed by atoms with Crippen molar-refractivity contribution in [2.45, 2.75) is 13.8 Å². The van der Waals surface area contributed by atoms with Gasteiger partial charge in [-0.25, -0.2) is 8.42 Å². The molecule has 0 saturated heterocycles. The standard InChI is InChI=1S/C18H22N2O4S/c1-13-9-10-15(14(2)11-13)19-18(21)12-20(25(4,22)23)16-7-5-6-8-17(16)24-3/h5-11H,12H2,1-4H3,(H,19,21). The van der Waals surface area contributed by atoms with Crippen molar-refractivity contribution in [3.05, 3.63) is 53.6 Å². The zero-order valence-electron chi connectivity index (χ0n) is 14.7. The van der Waals surface area contributed by atoms with Crippen LogP contribution in [0.25, 0.3) is 0 Å². The number of ether oxygens (including phenoxy) is 1. The second-order valence-electron chi connectivity index (χ2n) is 5.81. The third-order valence-corrected chi connectivity index (χ3v) is 4.82. The molecule has 0 aliphatic heterocycles. The van der Waals surface area contributed by atoms with Gasteiger partial charge in [-0.3, -0.25) is 9.10 Å². The molecular formula is C18H22N2O4S. The van der Waals surface area contributed by atoms with Crippen molar-refractivity contribution < 1.29 is 17.9 Å². The van der Waals surface area contributed by atoms with Crippen LogP contribution in [0.5, 0.6) is 5.75 Å². The summed E-state index contributed by atoms with van der Waals surface area (Å²) in [5, 5.41) is 2.76. The van der Waals surface area contributed by atoms with Gasteiger partial charge < -0.3 is 10.1 Å². The smallest absolute Gasteiger partial charge is 0.245 e. The molecule has 2 aromatic carbocycles. The minimum absolute atomic E-state index is 0.322. The van der Waals surface area contributed by atoms with E-state index in [1.54, 1.807) is 30.3 Å². The van der Waals surface area contributed by atoms with E-state index in [9.17, 15) is 13.2 Å². The maximum atomic E-state index is 12.4. The van der Waals surface area contributed by atoms with E-state index in [0.29, 0.717) is 17.1 Å². The predicted molar refractivity (Wildman–Crippen MR) is 99.7 cm³/mol. The maximum absolute atomic E-state index is 12.4. The van der Waals surface area contributed by atoms with Crippen LogP contribution >= 0.6 is 0 Å². The van der Waals surface area contributed by atoms with E-state index in [1.165, 1.54) is 7.11 Å². The van der Waals surface area contributed by atoms with E-state index in [2.05, 4.69) is 5.32 Å². The van der Waals surface area contributed by atoms with Crippen LogP contribution < -0.4 is 14.4 Å². The van der Waals surface area contributed by atoms with Crippen molar-refractivity contribution in [2.75, 3.05) is 29.5 Å². The van der Waals surface area contributed by atoms with Crippen LogP contribution in [0.4, 0.5) is 11.4 Å². The first-order chi connectivity index (χ1) is 11.7. The zero-order valence-corrected chi connectivity index (χ0v) is 15.6. The van der Waals surface area contributed by atoms with Crippen molar-refractivity contribution in [1.82, 2.24) is 0 Å². The van der Waals surface area contributed by atoms with Gasteiger partial charge in [0.15, 0.2) is 0 Å². The predicted octanol–water partition coefficient (Wildman–Crippen LogP) is 2.72. The summed E-state index contributed by atoms with van der Waals surface area (Å²) in [6.07, 6.45) is 1.06. The van der Waals surface area contributed by atoms with Crippen molar-refractivity contribution >= 4 is 27.3 Å². The number of hydrogen-bond acceptors (Lipinski definition) is 4. The van der Waals surface area contributed by atoms with Gasteiger partial charge in [-0.1, -0.05) is 29.8 Å². The van der Waals surface area contributed by atoms with E-state index in [1.807, 2.05) is 26.0 Å². The van der Waals surface area contributed by atoms with Crippen LogP contribution in [0, 0.1) is 13.8 Å². The molecular weight excluding hydrogens is 340 g/mol. The first-order valence-electron chi connectivity index (χ1n) is 7.70. The number of nitrogens with one attached hydrogen (secondary N) is 1. The Bertz CT molecular complexity index is 878. The first kappa shape index (κ1) is 18.8. The number of hydrogen-bond donors (Lipinski definition) is 1. The molecule has 0 unspecified atom stereocenters. The molecule has 134 valence electrons. The minimum Gasteiger partial charge on any atom is -0.495 e. The first-order valence-corrected chi connectivity index (χ1v) is 9.55. The Morgan fingerprint density at radius 1 is 1.16 bits per heavy atom. The molecule has 2 rings (SSSR count). The summed E-state index contributed by atoms with van der Waals surface area (Å²) in [7, 11) is -2.21. The Morgan fingerprint density at radius 3 is 2.44 bits per heavy atom. The molecule has 25 heavy (non-hydrogen) atoms. The summed E-state index contributed by atoms with van der Waals surface area (Å²) in [6.45, 7) is 3.51. The molecule has 0 atom stereocenters. The maximum Gasteiger partial charge on any atom is 0.245 e. The average Bonchev–Trinajstić information content (AvgIpc) is 2.54. The van der Waals surface area contributed by atoms with Gasteiger partial charge in [0.05, 0.1) is 19.1 Å². The molecule has 1 N–H and O–H groups in total. The van der Waals surface area contributed by atoms with Crippen LogP contribution in [-0.4, -0.2) is 34.2 Å². The Hall–Kier alpha value is -2.54. The average molecular weight is 362 g/mol. The van der Waals surface area contributed by atoms with Crippen molar-refractivity contribution in [3.8, 4) is 5.75 Å². The van der Waals surface area contributed by atoms with Gasteiger partial charge in [0.1, 0.15) is 12.3 Å². The number of aryl methyl sites for hydroxylation is 2. The number of sulfonamides is 1. The highest BCUT2D eigenvalue weighted by atomic mass is 32.2. The van der Waals surface area contributed by atoms with Gasteiger partial charge in [0.2, 0.25) is 15.9 Å². The van der Waals surface area contributed by atoms with Gasteiger partial charge in [0, 0.05) is 5.69 Å². The van der Waals surface area contributed by atoms with Gasteiger partial charge >= 0.3 is 0 Å². The second-order valence-corrected chi connectivity index (χ2v) is 7.71. The number of para-hydroxylation sites is 2. The lowest BCUT2D eigenvalue weighted by atomic mass is 10.1. The van der Waals surface area contributed by atoms with Gasteiger partial charge in [-0.05, 0) is 37.6 Å². The number of anilines is 2. The molecule has 0 spiro atoms. The van der Waals surface area contributed by atoms with Crippen LogP contribution in [0.1, 0.15) is 11.1 Å². The van der Waals surface area contributed by atoms with E-state index in [0.717, 1.165) is 21.7 Å². The molecule has 0 aromatic heterocycles. The quantitative estimate of drug-likeness (QED) is 0.857. The summed E-state index contributed by atoms with van der Waals surface area (Å²) in [5.41, 5.74) is 2.98. The van der Waals surface area contributed by atoms with E-state index < -0.39 is 15.9 Å². The van der Waals surface area contributed by atoms with E-state index in [4.69, 9.17) is 4.74 Å². The largest absolute Gasteiger partial charge is 0.495 e. The van der Waals surface area contributed by atoms with Gasteiger partial charge in [-0.15, -0.1) is 0 Å². The molecule has 0 fully saturated rings. The van der Waals surface area contributed by atoms with Crippen LogP contribution in [0.15, 0.2) is 42.5 Å². The van der Waals surface area contributed by atoms with E-state index in [-0.39, 0.29) is 6.54 Å². The lowest BCUT2D eigenvalue weighted by Crippen LogP contribution is -2.37. The highest BCUT2D eigenvalue weighted by Crippen LogP contribution is 2.29. The molecule has 1 amide bonds. The third kappa shape index (κ3) is 4.73. The van der Waals surface area contributed by atoms with Crippen LogP contribution in [-0.2, 0) is 14.8 Å². The van der Waals surface area contributed by atoms with Crippen molar-refractivity contribution in [1.29, 1.82) is 0 Å². The number of benzene rings is 2. The number of carbonyl (C=O) groups is 1.